The predicted molar refractivity (Wildman–Crippen MR) is 178 cm³/mol. The highest BCUT2D eigenvalue weighted by atomic mass is 16.5. The van der Waals surface area contributed by atoms with Gasteiger partial charge in [0.15, 0.2) is 11.5 Å². The second kappa shape index (κ2) is 18.7. The van der Waals surface area contributed by atoms with Gasteiger partial charge in [0.2, 0.25) is 17.8 Å². The first-order chi connectivity index (χ1) is 22.6. The van der Waals surface area contributed by atoms with Crippen molar-refractivity contribution in [3.8, 4) is 11.5 Å². The molecule has 13 heteroatoms. The maximum Gasteiger partial charge on any atom is 0.251 e. The normalized spacial score (nSPS) is 10.7. The van der Waals surface area contributed by atoms with Crippen LogP contribution in [0.3, 0.4) is 0 Å². The van der Waals surface area contributed by atoms with Crippen LogP contribution in [0.1, 0.15) is 21.5 Å². The molecule has 0 saturated heterocycles. The lowest BCUT2D eigenvalue weighted by molar-refractivity contribution is 0.0511. The molecule has 6 N–H and O–H groups in total. The van der Waals surface area contributed by atoms with Gasteiger partial charge in [-0.3, -0.25) is 4.79 Å². The fourth-order valence-electron chi connectivity index (χ4n) is 4.40. The maximum atomic E-state index is 12.6. The molecule has 0 aliphatic rings. The van der Waals surface area contributed by atoms with Crippen molar-refractivity contribution in [3.05, 3.63) is 89.5 Å². The van der Waals surface area contributed by atoms with Gasteiger partial charge in [0.25, 0.3) is 5.91 Å². The van der Waals surface area contributed by atoms with Crippen LogP contribution in [-0.2, 0) is 22.4 Å². The molecule has 3 aromatic carbocycles. The van der Waals surface area contributed by atoms with Gasteiger partial charge in [0.1, 0.15) is 0 Å². The van der Waals surface area contributed by atoms with Crippen molar-refractivity contribution in [2.24, 2.45) is 5.73 Å². The molecule has 0 aliphatic carbocycles. The molecular formula is C33H42N8O5. The number of benzene rings is 3. The van der Waals surface area contributed by atoms with Gasteiger partial charge in [0.05, 0.1) is 40.6 Å². The quantitative estimate of drug-likeness (QED) is 0.0902. The number of nitrogens with two attached hydrogens (primary N) is 1. The molecule has 0 bridgehead atoms. The van der Waals surface area contributed by atoms with Crippen molar-refractivity contribution in [2.75, 3.05) is 76.2 Å². The van der Waals surface area contributed by atoms with Gasteiger partial charge in [-0.25, -0.2) is 0 Å². The van der Waals surface area contributed by atoms with Crippen molar-refractivity contribution >= 4 is 29.4 Å². The molecule has 46 heavy (non-hydrogen) atoms. The second-order valence-corrected chi connectivity index (χ2v) is 9.95. The van der Waals surface area contributed by atoms with E-state index >= 15 is 0 Å². The highest BCUT2D eigenvalue weighted by Crippen LogP contribution is 2.31. The maximum absolute atomic E-state index is 12.6. The Bertz CT molecular complexity index is 1490. The van der Waals surface area contributed by atoms with E-state index in [0.29, 0.717) is 93.2 Å². The first-order valence-electron chi connectivity index (χ1n) is 15.1. The van der Waals surface area contributed by atoms with E-state index in [1.807, 2.05) is 36.4 Å². The molecule has 0 radical (unpaired) electrons. The van der Waals surface area contributed by atoms with E-state index in [-0.39, 0.29) is 5.91 Å². The Hall–Kier alpha value is -4.98. The van der Waals surface area contributed by atoms with Gasteiger partial charge in [-0.2, -0.15) is 15.0 Å². The summed E-state index contributed by atoms with van der Waals surface area (Å²) in [6, 6.07) is 22.9. The van der Waals surface area contributed by atoms with Crippen LogP contribution in [0.5, 0.6) is 11.5 Å². The zero-order chi connectivity index (χ0) is 32.4. The zero-order valence-electron chi connectivity index (χ0n) is 26.3. The molecule has 0 spiro atoms. The van der Waals surface area contributed by atoms with Gasteiger partial charge in [-0.1, -0.05) is 42.5 Å². The van der Waals surface area contributed by atoms with E-state index in [1.165, 1.54) is 5.56 Å². The van der Waals surface area contributed by atoms with Gasteiger partial charge in [-0.05, 0) is 42.3 Å². The van der Waals surface area contributed by atoms with Crippen LogP contribution in [0.15, 0.2) is 72.8 Å². The predicted octanol–water partition coefficient (Wildman–Crippen LogP) is 3.62. The van der Waals surface area contributed by atoms with Gasteiger partial charge in [0, 0.05) is 43.0 Å². The fourth-order valence-corrected chi connectivity index (χ4v) is 4.40. The van der Waals surface area contributed by atoms with Crippen molar-refractivity contribution in [1.29, 1.82) is 0 Å². The van der Waals surface area contributed by atoms with Crippen LogP contribution >= 0.6 is 0 Å². The summed E-state index contributed by atoms with van der Waals surface area (Å²) in [6.45, 7) is 3.70. The van der Waals surface area contributed by atoms with Crippen LogP contribution in [0.2, 0.25) is 0 Å². The molecule has 244 valence electrons. The molecule has 0 aliphatic heterocycles. The number of anilines is 4. The van der Waals surface area contributed by atoms with Crippen molar-refractivity contribution in [3.63, 3.8) is 0 Å². The average Bonchev–Trinajstić information content (AvgIpc) is 3.09. The third-order valence-electron chi connectivity index (χ3n) is 6.67. The minimum atomic E-state index is -0.195. The van der Waals surface area contributed by atoms with E-state index in [0.717, 1.165) is 12.0 Å². The minimum Gasteiger partial charge on any atom is -0.493 e. The van der Waals surface area contributed by atoms with Crippen molar-refractivity contribution in [2.45, 2.75) is 13.0 Å². The number of carbonyl (C=O) groups is 1. The Kier molecular flexibility index (Phi) is 13.8. The highest BCUT2D eigenvalue weighted by molar-refractivity contribution is 5.94. The second-order valence-electron chi connectivity index (χ2n) is 9.95. The number of ether oxygens (including phenoxy) is 4. The fraction of sp³-hybridized carbons (Fsp3) is 0.333. The Morgan fingerprint density at radius 3 is 2.17 bits per heavy atom. The molecule has 1 aromatic heterocycles. The van der Waals surface area contributed by atoms with E-state index in [1.54, 1.807) is 38.5 Å². The smallest absolute Gasteiger partial charge is 0.251 e. The van der Waals surface area contributed by atoms with Crippen molar-refractivity contribution < 1.29 is 23.7 Å². The number of aromatic nitrogens is 3. The first-order valence-corrected chi connectivity index (χ1v) is 15.1. The monoisotopic (exact) mass is 630 g/mol. The van der Waals surface area contributed by atoms with Crippen LogP contribution in [0.4, 0.5) is 23.5 Å². The molecule has 0 saturated carbocycles. The summed E-state index contributed by atoms with van der Waals surface area (Å²) in [6.07, 6.45) is 0.803. The molecule has 1 amide bonds. The van der Waals surface area contributed by atoms with Gasteiger partial charge >= 0.3 is 0 Å². The number of amides is 1. The summed E-state index contributed by atoms with van der Waals surface area (Å²) in [5.74, 6) is 2.20. The molecule has 13 nitrogen and oxygen atoms in total. The molecule has 0 atom stereocenters. The first kappa shape index (κ1) is 33.9. The summed E-state index contributed by atoms with van der Waals surface area (Å²) in [5, 5.41) is 12.6. The number of rotatable bonds is 20. The molecule has 0 fully saturated rings. The van der Waals surface area contributed by atoms with Gasteiger partial charge in [-0.15, -0.1) is 0 Å². The standard InChI is InChI=1S/C33H42N8O5/c1-43-28-10-6-9-26(29(28)44-2)23-37-32-39-31(36-17-15-24-7-4-3-5-8-24)40-33(41-32)38-27-13-11-25(12-14-27)30(42)35-18-20-46-22-21-45-19-16-34/h3-14H,15-23,34H2,1-2H3,(H,35,42)(H3,36,37,38,39,40,41). The molecular weight excluding hydrogens is 588 g/mol. The number of hydrogen-bond acceptors (Lipinski definition) is 12. The van der Waals surface area contributed by atoms with Crippen LogP contribution < -0.4 is 36.5 Å². The number of carbonyl (C=O) groups excluding carboxylic acids is 1. The number of nitrogens with one attached hydrogen (secondary N) is 4. The Morgan fingerprint density at radius 2 is 1.46 bits per heavy atom. The van der Waals surface area contributed by atoms with Crippen LogP contribution in [0.25, 0.3) is 0 Å². The summed E-state index contributed by atoms with van der Waals surface area (Å²) < 4.78 is 21.7. The van der Waals surface area contributed by atoms with Crippen LogP contribution in [-0.4, -0.2) is 81.1 Å². The number of methoxy groups -OCH3 is 2. The Labute approximate surface area is 269 Å². The van der Waals surface area contributed by atoms with Gasteiger partial charge < -0.3 is 45.9 Å². The SMILES string of the molecule is COc1cccc(CNc2nc(NCCc3ccccc3)nc(Nc3ccc(C(=O)NCCOCCOCCN)cc3)n2)c1OC. The third-order valence-corrected chi connectivity index (χ3v) is 6.67. The lowest BCUT2D eigenvalue weighted by Gasteiger charge is -2.14. The number of para-hydroxylation sites is 1. The lowest BCUT2D eigenvalue weighted by atomic mass is 10.1. The van der Waals surface area contributed by atoms with Crippen molar-refractivity contribution in [1.82, 2.24) is 20.3 Å². The summed E-state index contributed by atoms with van der Waals surface area (Å²) in [4.78, 5) is 26.3. The lowest BCUT2D eigenvalue weighted by Crippen LogP contribution is -2.27. The molecule has 0 unspecified atom stereocenters. The van der Waals surface area contributed by atoms with Crippen LogP contribution in [0, 0.1) is 0 Å². The van der Waals surface area contributed by atoms with E-state index < -0.39 is 0 Å². The molecule has 1 heterocycles. The number of hydrogen-bond donors (Lipinski definition) is 5. The Morgan fingerprint density at radius 1 is 0.739 bits per heavy atom. The Balaban J connectivity index is 1.39. The highest BCUT2D eigenvalue weighted by Gasteiger charge is 2.12. The minimum absolute atomic E-state index is 0.195. The summed E-state index contributed by atoms with van der Waals surface area (Å²) >= 11 is 0. The van der Waals surface area contributed by atoms with E-state index in [4.69, 9.17) is 24.7 Å². The average molecular weight is 631 g/mol. The van der Waals surface area contributed by atoms with E-state index in [9.17, 15) is 4.79 Å². The van der Waals surface area contributed by atoms with E-state index in [2.05, 4.69) is 48.4 Å². The summed E-state index contributed by atoms with van der Waals surface area (Å²) in [5.41, 5.74) is 8.69. The molecule has 4 aromatic rings. The number of nitrogens with zero attached hydrogens (tertiary/aromatic N) is 3. The third kappa shape index (κ3) is 10.9. The largest absolute Gasteiger partial charge is 0.493 e. The zero-order valence-corrected chi connectivity index (χ0v) is 26.3. The topological polar surface area (TPSA) is 167 Å². The summed E-state index contributed by atoms with van der Waals surface area (Å²) in [7, 11) is 3.21. The molecule has 4 rings (SSSR count).